The smallest absolute Gasteiger partial charge is 0.274 e. The van der Waals surface area contributed by atoms with Gasteiger partial charge in [-0.3, -0.25) is 4.79 Å². The van der Waals surface area contributed by atoms with E-state index in [-0.39, 0.29) is 5.91 Å². The van der Waals surface area contributed by atoms with Gasteiger partial charge in [0, 0.05) is 16.2 Å². The summed E-state index contributed by atoms with van der Waals surface area (Å²) in [6.07, 6.45) is 3.39. The molecule has 3 rings (SSSR count). The van der Waals surface area contributed by atoms with E-state index in [1.165, 1.54) is 6.21 Å². The molecule has 0 saturated heterocycles. The number of ether oxygens (including phenoxy) is 1. The lowest BCUT2D eigenvalue weighted by Gasteiger charge is -2.17. The van der Waals surface area contributed by atoms with Crippen LogP contribution in [0, 0.1) is 13.8 Å². The fourth-order valence-corrected chi connectivity index (χ4v) is 2.97. The summed E-state index contributed by atoms with van der Waals surface area (Å²) >= 11 is 12.1. The van der Waals surface area contributed by atoms with Crippen LogP contribution in [0.25, 0.3) is 6.08 Å². The van der Waals surface area contributed by atoms with Crippen LogP contribution in [0.3, 0.4) is 0 Å². The number of amides is 1. The molecule has 0 bridgehead atoms. The summed E-state index contributed by atoms with van der Waals surface area (Å²) in [6.45, 7) is 3.82. The number of furan rings is 1. The minimum Gasteiger partial charge on any atom is -0.487 e. The molecule has 1 aromatic carbocycles. The molecule has 0 atom stereocenters. The maximum atomic E-state index is 12.0. The van der Waals surface area contributed by atoms with E-state index < -0.39 is 0 Å². The number of fused-ring (bicyclic) bond motifs is 1. The van der Waals surface area contributed by atoms with E-state index in [0.717, 1.165) is 11.1 Å². The van der Waals surface area contributed by atoms with Crippen molar-refractivity contribution in [2.24, 2.45) is 5.10 Å². The first-order valence-corrected chi connectivity index (χ1v) is 7.92. The van der Waals surface area contributed by atoms with Gasteiger partial charge in [0.15, 0.2) is 0 Å². The molecular weight excluding hydrogens is 351 g/mol. The fraction of sp³-hybridized carbons (Fsp3) is 0.176. The van der Waals surface area contributed by atoms with Gasteiger partial charge in [-0.15, -0.1) is 0 Å². The van der Waals surface area contributed by atoms with E-state index in [1.807, 2.05) is 6.08 Å². The number of nitrogens with zero attached hydrogens (tertiary/aromatic N) is 1. The van der Waals surface area contributed by atoms with Crippen molar-refractivity contribution < 1.29 is 13.9 Å². The highest BCUT2D eigenvalue weighted by atomic mass is 35.5. The summed E-state index contributed by atoms with van der Waals surface area (Å²) in [5.74, 6) is 1.49. The van der Waals surface area contributed by atoms with Crippen molar-refractivity contribution in [1.82, 2.24) is 5.43 Å². The van der Waals surface area contributed by atoms with Gasteiger partial charge < -0.3 is 9.15 Å². The van der Waals surface area contributed by atoms with Gasteiger partial charge in [0.1, 0.15) is 23.9 Å². The second-order valence-electron chi connectivity index (χ2n) is 5.34. The monoisotopic (exact) mass is 364 g/mol. The van der Waals surface area contributed by atoms with Gasteiger partial charge in [0.2, 0.25) is 0 Å². The van der Waals surface area contributed by atoms with Gasteiger partial charge in [-0.2, -0.15) is 5.10 Å². The third-order valence-corrected chi connectivity index (χ3v) is 3.94. The van der Waals surface area contributed by atoms with Gasteiger partial charge >= 0.3 is 0 Å². The van der Waals surface area contributed by atoms with E-state index in [1.54, 1.807) is 32.0 Å². The topological polar surface area (TPSA) is 63.8 Å². The van der Waals surface area contributed by atoms with Crippen LogP contribution in [0.2, 0.25) is 10.0 Å². The molecule has 24 heavy (non-hydrogen) atoms. The number of hydrazone groups is 1. The lowest BCUT2D eigenvalue weighted by molar-refractivity contribution is 0.0953. The van der Waals surface area contributed by atoms with Crippen molar-refractivity contribution in [3.8, 4) is 5.75 Å². The third kappa shape index (κ3) is 3.47. The maximum Gasteiger partial charge on any atom is 0.274 e. The Morgan fingerprint density at radius 1 is 1.29 bits per heavy atom. The van der Waals surface area contributed by atoms with E-state index in [4.69, 9.17) is 32.4 Å². The predicted octanol–water partition coefficient (Wildman–Crippen LogP) is 4.39. The van der Waals surface area contributed by atoms with Crippen LogP contribution in [0.1, 0.15) is 27.4 Å². The maximum absolute atomic E-state index is 12.0. The first kappa shape index (κ1) is 16.6. The fourth-order valence-electron chi connectivity index (χ4n) is 2.40. The highest BCUT2D eigenvalue weighted by Crippen LogP contribution is 2.36. The second-order valence-corrected chi connectivity index (χ2v) is 6.18. The number of hydrogen-bond acceptors (Lipinski definition) is 4. The van der Waals surface area contributed by atoms with E-state index >= 15 is 0 Å². The standard InChI is InChI=1S/C17H14Cl2N2O3/c1-9-3-14(10(2)24-9)17(22)21-20-7-11-4-12-5-13(18)6-15(19)16(12)23-8-11/h3-7H,8H2,1-2H3,(H,21,22)/b20-7+. The Morgan fingerprint density at radius 3 is 2.79 bits per heavy atom. The van der Waals surface area contributed by atoms with Crippen molar-refractivity contribution >= 4 is 41.4 Å². The minimum absolute atomic E-state index is 0.303. The SMILES string of the molecule is Cc1cc(C(=O)N/N=C/C2=Cc3cc(Cl)cc(Cl)c3OC2)c(C)o1. The molecule has 5 nitrogen and oxygen atoms in total. The van der Waals surface area contributed by atoms with Gasteiger partial charge in [0.25, 0.3) is 5.91 Å². The van der Waals surface area contributed by atoms with Crippen LogP contribution in [0.4, 0.5) is 0 Å². The van der Waals surface area contributed by atoms with E-state index in [0.29, 0.717) is 39.5 Å². The van der Waals surface area contributed by atoms with Crippen molar-refractivity contribution in [2.45, 2.75) is 13.8 Å². The molecule has 0 radical (unpaired) electrons. The average molecular weight is 365 g/mol. The molecule has 0 aliphatic carbocycles. The zero-order valence-corrected chi connectivity index (χ0v) is 14.5. The van der Waals surface area contributed by atoms with Crippen LogP contribution in [0.5, 0.6) is 5.75 Å². The summed E-state index contributed by atoms with van der Waals surface area (Å²) in [7, 11) is 0. The number of benzene rings is 1. The number of rotatable bonds is 3. The lowest BCUT2D eigenvalue weighted by atomic mass is 10.1. The molecule has 0 saturated carbocycles. The van der Waals surface area contributed by atoms with Gasteiger partial charge in [0.05, 0.1) is 16.8 Å². The molecule has 0 spiro atoms. The molecule has 1 aromatic heterocycles. The number of halogens is 2. The van der Waals surface area contributed by atoms with Crippen molar-refractivity contribution in [3.63, 3.8) is 0 Å². The van der Waals surface area contributed by atoms with E-state index in [9.17, 15) is 4.79 Å². The quantitative estimate of drug-likeness (QED) is 0.648. The van der Waals surface area contributed by atoms with Crippen LogP contribution < -0.4 is 10.2 Å². The molecule has 0 unspecified atom stereocenters. The van der Waals surface area contributed by atoms with Crippen molar-refractivity contribution in [1.29, 1.82) is 0 Å². The Kier molecular flexibility index (Phi) is 4.64. The Hall–Kier alpha value is -2.24. The minimum atomic E-state index is -0.329. The molecule has 1 amide bonds. The average Bonchev–Trinajstić information content (AvgIpc) is 2.85. The largest absolute Gasteiger partial charge is 0.487 e. The summed E-state index contributed by atoms with van der Waals surface area (Å²) in [6, 6.07) is 5.06. The van der Waals surface area contributed by atoms with Gasteiger partial charge in [-0.05, 0) is 38.1 Å². The number of nitrogens with one attached hydrogen (secondary N) is 1. The highest BCUT2D eigenvalue weighted by molar-refractivity contribution is 6.36. The van der Waals surface area contributed by atoms with Crippen LogP contribution in [-0.4, -0.2) is 18.7 Å². The van der Waals surface area contributed by atoms with Crippen LogP contribution in [0.15, 0.2) is 33.3 Å². The molecule has 1 aliphatic rings. The molecule has 1 aliphatic heterocycles. The summed E-state index contributed by atoms with van der Waals surface area (Å²) in [5.41, 5.74) is 4.48. The zero-order valence-electron chi connectivity index (χ0n) is 13.0. The third-order valence-electron chi connectivity index (χ3n) is 3.44. The van der Waals surface area contributed by atoms with Gasteiger partial charge in [-0.25, -0.2) is 5.43 Å². The lowest BCUT2D eigenvalue weighted by Crippen LogP contribution is -2.18. The molecule has 2 heterocycles. The number of hydrogen-bond donors (Lipinski definition) is 1. The van der Waals surface area contributed by atoms with Crippen molar-refractivity contribution in [2.75, 3.05) is 6.61 Å². The molecule has 2 aromatic rings. The Morgan fingerprint density at radius 2 is 2.08 bits per heavy atom. The molecule has 1 N–H and O–H groups in total. The Bertz CT molecular complexity index is 869. The molecule has 124 valence electrons. The van der Waals surface area contributed by atoms with Crippen LogP contribution >= 0.6 is 23.2 Å². The molecule has 0 fully saturated rings. The summed E-state index contributed by atoms with van der Waals surface area (Å²) < 4.78 is 10.9. The van der Waals surface area contributed by atoms with Crippen LogP contribution in [-0.2, 0) is 0 Å². The first-order chi connectivity index (χ1) is 11.4. The van der Waals surface area contributed by atoms with Crippen molar-refractivity contribution in [3.05, 3.63) is 56.5 Å². The number of carbonyl (C=O) groups is 1. The Balaban J connectivity index is 1.72. The normalized spacial score (nSPS) is 13.4. The second kappa shape index (κ2) is 6.71. The highest BCUT2D eigenvalue weighted by Gasteiger charge is 2.15. The summed E-state index contributed by atoms with van der Waals surface area (Å²) in [4.78, 5) is 12.0. The number of aryl methyl sites for hydroxylation is 2. The number of carbonyl (C=O) groups excluding carboxylic acids is 1. The van der Waals surface area contributed by atoms with E-state index in [2.05, 4.69) is 10.5 Å². The predicted molar refractivity (Wildman–Crippen MR) is 94.1 cm³/mol. The Labute approximate surface area is 148 Å². The summed E-state index contributed by atoms with van der Waals surface area (Å²) in [5, 5.41) is 4.94. The first-order valence-electron chi connectivity index (χ1n) is 7.17. The molecular formula is C17H14Cl2N2O3. The van der Waals surface area contributed by atoms with Gasteiger partial charge in [-0.1, -0.05) is 23.2 Å². The zero-order chi connectivity index (χ0) is 17.3. The molecule has 7 heteroatoms.